The predicted octanol–water partition coefficient (Wildman–Crippen LogP) is 1.97. The lowest BCUT2D eigenvalue weighted by molar-refractivity contribution is 0.446. The number of nitrogens with two attached hydrogens (primary N) is 1. The fourth-order valence-corrected chi connectivity index (χ4v) is 3.57. The van der Waals surface area contributed by atoms with E-state index in [9.17, 15) is 12.8 Å². The van der Waals surface area contributed by atoms with E-state index in [2.05, 4.69) is 0 Å². The van der Waals surface area contributed by atoms with Gasteiger partial charge in [-0.25, -0.2) is 17.1 Å². The molecule has 1 aliphatic rings. The van der Waals surface area contributed by atoms with Gasteiger partial charge in [-0.1, -0.05) is 11.6 Å². The SMILES string of the molecule is CN(CC1CC1)S(=O)(=O)c1cc(Cl)cc(CN)c1F. The van der Waals surface area contributed by atoms with E-state index >= 15 is 0 Å². The smallest absolute Gasteiger partial charge is 0.245 e. The van der Waals surface area contributed by atoms with Gasteiger partial charge in [-0.3, -0.25) is 0 Å². The molecule has 0 spiro atoms. The zero-order valence-corrected chi connectivity index (χ0v) is 12.1. The lowest BCUT2D eigenvalue weighted by Gasteiger charge is -2.18. The second-order valence-electron chi connectivity index (χ2n) is 4.81. The van der Waals surface area contributed by atoms with Gasteiger partial charge >= 0.3 is 0 Å². The maximum Gasteiger partial charge on any atom is 0.245 e. The molecule has 1 aliphatic carbocycles. The zero-order valence-electron chi connectivity index (χ0n) is 10.6. The summed E-state index contributed by atoms with van der Waals surface area (Å²) in [6.45, 7) is 0.313. The highest BCUT2D eigenvalue weighted by atomic mass is 35.5. The van der Waals surface area contributed by atoms with Crippen LogP contribution in [0.25, 0.3) is 0 Å². The fourth-order valence-electron chi connectivity index (χ4n) is 1.88. The summed E-state index contributed by atoms with van der Waals surface area (Å²) in [6, 6.07) is 2.48. The summed E-state index contributed by atoms with van der Waals surface area (Å²) < 4.78 is 39.9. The lowest BCUT2D eigenvalue weighted by atomic mass is 10.2. The summed E-state index contributed by atoms with van der Waals surface area (Å²) in [6.07, 6.45) is 2.04. The molecule has 2 N–H and O–H groups in total. The minimum absolute atomic E-state index is 0.0960. The summed E-state index contributed by atoms with van der Waals surface area (Å²) >= 11 is 5.82. The third-order valence-electron chi connectivity index (χ3n) is 3.20. The molecule has 0 aliphatic heterocycles. The summed E-state index contributed by atoms with van der Waals surface area (Å²) in [4.78, 5) is -0.399. The fraction of sp³-hybridized carbons (Fsp3) is 0.500. The van der Waals surface area contributed by atoms with Crippen LogP contribution in [0.4, 0.5) is 4.39 Å². The first kappa shape index (κ1) is 14.7. The van der Waals surface area contributed by atoms with E-state index in [4.69, 9.17) is 17.3 Å². The molecule has 0 radical (unpaired) electrons. The largest absolute Gasteiger partial charge is 0.326 e. The van der Waals surface area contributed by atoms with Gasteiger partial charge in [0.05, 0.1) is 0 Å². The van der Waals surface area contributed by atoms with Crippen LogP contribution in [0.1, 0.15) is 18.4 Å². The number of rotatable bonds is 5. The van der Waals surface area contributed by atoms with Gasteiger partial charge in [-0.15, -0.1) is 0 Å². The van der Waals surface area contributed by atoms with Crippen molar-refractivity contribution >= 4 is 21.6 Å². The molecule has 4 nitrogen and oxygen atoms in total. The minimum Gasteiger partial charge on any atom is -0.326 e. The molecule has 0 saturated heterocycles. The van der Waals surface area contributed by atoms with Crippen molar-refractivity contribution in [3.05, 3.63) is 28.5 Å². The van der Waals surface area contributed by atoms with Crippen LogP contribution >= 0.6 is 11.6 Å². The van der Waals surface area contributed by atoms with Crippen LogP contribution in [0.15, 0.2) is 17.0 Å². The second-order valence-corrected chi connectivity index (χ2v) is 7.26. The molecule has 106 valence electrons. The Morgan fingerprint density at radius 3 is 2.63 bits per heavy atom. The summed E-state index contributed by atoms with van der Waals surface area (Å²) in [5, 5.41) is 0.167. The summed E-state index contributed by atoms with van der Waals surface area (Å²) in [7, 11) is -2.41. The Bertz CT molecular complexity index is 588. The molecule has 0 heterocycles. The molecule has 7 heteroatoms. The van der Waals surface area contributed by atoms with Crippen molar-refractivity contribution < 1.29 is 12.8 Å². The quantitative estimate of drug-likeness (QED) is 0.904. The number of hydrogen-bond acceptors (Lipinski definition) is 3. The van der Waals surface area contributed by atoms with E-state index in [1.807, 2.05) is 0 Å². The molecule has 0 amide bonds. The van der Waals surface area contributed by atoms with Gasteiger partial charge in [-0.2, -0.15) is 0 Å². The molecule has 1 saturated carbocycles. The highest BCUT2D eigenvalue weighted by molar-refractivity contribution is 7.89. The van der Waals surface area contributed by atoms with Crippen molar-refractivity contribution in [3.63, 3.8) is 0 Å². The molecule has 0 unspecified atom stereocenters. The van der Waals surface area contributed by atoms with Gasteiger partial charge in [0, 0.05) is 30.7 Å². The molecule has 2 rings (SSSR count). The van der Waals surface area contributed by atoms with E-state index in [1.54, 1.807) is 0 Å². The maximum absolute atomic E-state index is 14.1. The van der Waals surface area contributed by atoms with E-state index in [-0.39, 0.29) is 17.1 Å². The van der Waals surface area contributed by atoms with Crippen LogP contribution in [0, 0.1) is 11.7 Å². The Morgan fingerprint density at radius 2 is 2.11 bits per heavy atom. The molecule has 0 aromatic heterocycles. The average Bonchev–Trinajstić information content (AvgIpc) is 3.15. The lowest BCUT2D eigenvalue weighted by Crippen LogP contribution is -2.30. The van der Waals surface area contributed by atoms with Gasteiger partial charge in [-0.05, 0) is 30.9 Å². The Morgan fingerprint density at radius 1 is 1.47 bits per heavy atom. The Labute approximate surface area is 117 Å². The highest BCUT2D eigenvalue weighted by Crippen LogP contribution is 2.32. The van der Waals surface area contributed by atoms with Crippen molar-refractivity contribution in [1.82, 2.24) is 4.31 Å². The molecular weight excluding hydrogens is 291 g/mol. The molecule has 19 heavy (non-hydrogen) atoms. The van der Waals surface area contributed by atoms with Gasteiger partial charge in [0.1, 0.15) is 10.7 Å². The Hall–Kier alpha value is -0.690. The molecule has 0 atom stereocenters. The summed E-state index contributed by atoms with van der Waals surface area (Å²) in [5.74, 6) is -0.425. The molecular formula is C12H16ClFN2O2S. The minimum atomic E-state index is -3.86. The second kappa shape index (κ2) is 5.36. The zero-order chi connectivity index (χ0) is 14.2. The molecule has 0 bridgehead atoms. The highest BCUT2D eigenvalue weighted by Gasteiger charge is 2.31. The van der Waals surface area contributed by atoms with Gasteiger partial charge in [0.2, 0.25) is 10.0 Å². The van der Waals surface area contributed by atoms with Crippen molar-refractivity contribution in [2.24, 2.45) is 11.7 Å². The number of sulfonamides is 1. The van der Waals surface area contributed by atoms with Gasteiger partial charge in [0.15, 0.2) is 0 Å². The van der Waals surface area contributed by atoms with E-state index < -0.39 is 20.7 Å². The molecule has 1 fully saturated rings. The summed E-state index contributed by atoms with van der Waals surface area (Å²) in [5.41, 5.74) is 5.49. The van der Waals surface area contributed by atoms with E-state index in [0.717, 1.165) is 18.9 Å². The first-order chi connectivity index (χ1) is 8.86. The standard InChI is InChI=1S/C12H16ClFN2O2S/c1-16(7-8-2-3-8)19(17,18)11-5-10(13)4-9(6-15)12(11)14/h4-5,8H,2-3,6-7,15H2,1H3. The number of nitrogens with zero attached hydrogens (tertiary/aromatic N) is 1. The predicted molar refractivity (Wildman–Crippen MR) is 71.8 cm³/mol. The third kappa shape index (κ3) is 3.08. The van der Waals surface area contributed by atoms with Crippen molar-refractivity contribution in [2.75, 3.05) is 13.6 Å². The molecule has 1 aromatic rings. The topological polar surface area (TPSA) is 63.4 Å². The van der Waals surface area contributed by atoms with Crippen LogP contribution in [0.2, 0.25) is 5.02 Å². The van der Waals surface area contributed by atoms with Crippen LogP contribution in [-0.2, 0) is 16.6 Å². The number of halogens is 2. The third-order valence-corrected chi connectivity index (χ3v) is 5.24. The van der Waals surface area contributed by atoms with Crippen LogP contribution in [0.5, 0.6) is 0 Å². The first-order valence-corrected chi connectivity index (χ1v) is 7.82. The average molecular weight is 307 g/mol. The van der Waals surface area contributed by atoms with Crippen LogP contribution in [-0.4, -0.2) is 26.3 Å². The van der Waals surface area contributed by atoms with Gasteiger partial charge < -0.3 is 5.73 Å². The van der Waals surface area contributed by atoms with Gasteiger partial charge in [0.25, 0.3) is 0 Å². The maximum atomic E-state index is 14.1. The van der Waals surface area contributed by atoms with E-state index in [0.29, 0.717) is 12.5 Å². The normalized spacial score (nSPS) is 16.1. The van der Waals surface area contributed by atoms with Crippen molar-refractivity contribution in [1.29, 1.82) is 0 Å². The molecule has 1 aromatic carbocycles. The van der Waals surface area contributed by atoms with E-state index in [1.165, 1.54) is 17.4 Å². The number of hydrogen-bond donors (Lipinski definition) is 1. The monoisotopic (exact) mass is 306 g/mol. The first-order valence-electron chi connectivity index (χ1n) is 6.00. The van der Waals surface area contributed by atoms with Crippen molar-refractivity contribution in [3.8, 4) is 0 Å². The Balaban J connectivity index is 2.41. The Kier molecular flexibility index (Phi) is 4.15. The van der Waals surface area contributed by atoms with Crippen molar-refractivity contribution in [2.45, 2.75) is 24.3 Å². The van der Waals surface area contributed by atoms with Crippen LogP contribution in [0.3, 0.4) is 0 Å². The van der Waals surface area contributed by atoms with Crippen LogP contribution < -0.4 is 5.73 Å². The number of benzene rings is 1.